The molecule has 4 heteroatoms. The number of hydrogen-bond acceptors (Lipinski definition) is 3. The molecular weight excluding hydrogens is 268 g/mol. The third-order valence-electron chi connectivity index (χ3n) is 3.25. The van der Waals surface area contributed by atoms with E-state index in [2.05, 4.69) is 31.1 Å². The molecule has 106 valence electrons. The lowest BCUT2D eigenvalue weighted by atomic mass is 10.2. The van der Waals surface area contributed by atoms with Gasteiger partial charge in [-0.05, 0) is 31.0 Å². The molecule has 0 atom stereocenters. The highest BCUT2D eigenvalue weighted by atomic mass is 32.2. The van der Waals surface area contributed by atoms with E-state index in [9.17, 15) is 4.79 Å². The van der Waals surface area contributed by atoms with Crippen LogP contribution in [-0.2, 0) is 24.7 Å². The Hall–Kier alpha value is -1.55. The number of ketones is 1. The van der Waals surface area contributed by atoms with Crippen LogP contribution in [-0.4, -0.2) is 21.3 Å². The number of nitrogens with zero attached hydrogens (tertiary/aromatic N) is 2. The van der Waals surface area contributed by atoms with Crippen molar-refractivity contribution >= 4 is 17.5 Å². The quantitative estimate of drug-likeness (QED) is 0.766. The molecule has 3 nitrogen and oxygen atoms in total. The molecule has 0 spiro atoms. The minimum Gasteiger partial charge on any atom is -0.298 e. The average molecular weight is 288 g/mol. The Morgan fingerprint density at radius 2 is 2.10 bits per heavy atom. The number of Topliss-reactive ketones (excluding diaryl/α,β-unsaturated/α-hetero) is 1. The first-order chi connectivity index (χ1) is 9.60. The van der Waals surface area contributed by atoms with E-state index >= 15 is 0 Å². The van der Waals surface area contributed by atoms with Gasteiger partial charge in [0, 0.05) is 24.1 Å². The van der Waals surface area contributed by atoms with Crippen molar-refractivity contribution in [1.29, 1.82) is 0 Å². The standard InChI is InChI=1S/C16H20N2OS/c1-4-13-9-14(18(3)17-13)10-15(19)11-20-16-8-6-5-7-12(16)2/h5-9H,4,10-11H2,1-3H3. The fourth-order valence-electron chi connectivity index (χ4n) is 2.04. The smallest absolute Gasteiger partial charge is 0.149 e. The Labute approximate surface area is 124 Å². The van der Waals surface area contributed by atoms with Gasteiger partial charge in [-0.25, -0.2) is 0 Å². The molecule has 0 unspecified atom stereocenters. The monoisotopic (exact) mass is 288 g/mol. The van der Waals surface area contributed by atoms with Crippen molar-refractivity contribution in [2.24, 2.45) is 7.05 Å². The van der Waals surface area contributed by atoms with E-state index < -0.39 is 0 Å². The van der Waals surface area contributed by atoms with Crippen molar-refractivity contribution in [3.8, 4) is 0 Å². The van der Waals surface area contributed by atoms with E-state index in [0.717, 1.165) is 17.8 Å². The first-order valence-corrected chi connectivity index (χ1v) is 7.80. The molecule has 0 saturated heterocycles. The van der Waals surface area contributed by atoms with Gasteiger partial charge in [0.05, 0.1) is 11.4 Å². The zero-order valence-corrected chi connectivity index (χ0v) is 13.0. The molecule has 0 fully saturated rings. The molecule has 2 rings (SSSR count). The topological polar surface area (TPSA) is 34.9 Å². The summed E-state index contributed by atoms with van der Waals surface area (Å²) in [5, 5.41) is 4.37. The summed E-state index contributed by atoms with van der Waals surface area (Å²) in [6, 6.07) is 10.2. The highest BCUT2D eigenvalue weighted by Crippen LogP contribution is 2.22. The molecule has 0 amide bonds. The van der Waals surface area contributed by atoms with Gasteiger partial charge in [-0.15, -0.1) is 11.8 Å². The van der Waals surface area contributed by atoms with Gasteiger partial charge >= 0.3 is 0 Å². The molecule has 0 radical (unpaired) electrons. The maximum absolute atomic E-state index is 12.1. The van der Waals surface area contributed by atoms with Crippen LogP contribution in [0.4, 0.5) is 0 Å². The molecule has 0 aliphatic rings. The number of thioether (sulfide) groups is 1. The zero-order valence-electron chi connectivity index (χ0n) is 12.2. The van der Waals surface area contributed by atoms with Crippen molar-refractivity contribution in [1.82, 2.24) is 9.78 Å². The van der Waals surface area contributed by atoms with E-state index in [1.807, 2.05) is 29.9 Å². The summed E-state index contributed by atoms with van der Waals surface area (Å²) in [7, 11) is 1.90. The van der Waals surface area contributed by atoms with Gasteiger partial charge in [-0.3, -0.25) is 9.48 Å². The molecule has 0 bridgehead atoms. The van der Waals surface area contributed by atoms with Gasteiger partial charge in [0.1, 0.15) is 5.78 Å². The second-order valence-corrected chi connectivity index (χ2v) is 5.89. The van der Waals surface area contributed by atoms with Crippen LogP contribution < -0.4 is 0 Å². The highest BCUT2D eigenvalue weighted by molar-refractivity contribution is 8.00. The summed E-state index contributed by atoms with van der Waals surface area (Å²) in [5.41, 5.74) is 3.26. The molecule has 0 N–H and O–H groups in total. The molecule has 0 aliphatic heterocycles. The first-order valence-electron chi connectivity index (χ1n) is 6.82. The third kappa shape index (κ3) is 3.73. The largest absolute Gasteiger partial charge is 0.298 e. The van der Waals surface area contributed by atoms with Crippen LogP contribution in [0.15, 0.2) is 35.2 Å². The number of carbonyl (C=O) groups excluding carboxylic acids is 1. The van der Waals surface area contributed by atoms with Crippen LogP contribution in [0, 0.1) is 6.92 Å². The van der Waals surface area contributed by atoms with Crippen molar-refractivity contribution < 1.29 is 4.79 Å². The van der Waals surface area contributed by atoms with Gasteiger partial charge in [0.25, 0.3) is 0 Å². The lowest BCUT2D eigenvalue weighted by Crippen LogP contribution is -2.09. The minimum atomic E-state index is 0.240. The predicted molar refractivity (Wildman–Crippen MR) is 83.2 cm³/mol. The molecule has 1 aromatic carbocycles. The van der Waals surface area contributed by atoms with E-state index in [4.69, 9.17) is 0 Å². The molecule has 1 heterocycles. The Balaban J connectivity index is 1.92. The van der Waals surface area contributed by atoms with Crippen molar-refractivity contribution in [3.63, 3.8) is 0 Å². The van der Waals surface area contributed by atoms with Crippen LogP contribution in [0.2, 0.25) is 0 Å². The first kappa shape index (κ1) is 14.9. The van der Waals surface area contributed by atoms with Gasteiger partial charge in [0.15, 0.2) is 0 Å². The summed E-state index contributed by atoms with van der Waals surface area (Å²) >= 11 is 1.61. The van der Waals surface area contributed by atoms with Crippen LogP contribution in [0.1, 0.15) is 23.9 Å². The number of carbonyl (C=O) groups is 1. The van der Waals surface area contributed by atoms with E-state index in [1.54, 1.807) is 11.8 Å². The number of aryl methyl sites for hydroxylation is 3. The van der Waals surface area contributed by atoms with Crippen molar-refractivity contribution in [2.75, 3.05) is 5.75 Å². The van der Waals surface area contributed by atoms with Crippen molar-refractivity contribution in [2.45, 2.75) is 31.6 Å². The summed E-state index contributed by atoms with van der Waals surface area (Å²) in [5.74, 6) is 0.751. The van der Waals surface area contributed by atoms with Gasteiger partial charge < -0.3 is 0 Å². The number of hydrogen-bond donors (Lipinski definition) is 0. The second-order valence-electron chi connectivity index (χ2n) is 4.87. The normalized spacial score (nSPS) is 10.8. The SMILES string of the molecule is CCc1cc(CC(=O)CSc2ccccc2C)n(C)n1. The summed E-state index contributed by atoms with van der Waals surface area (Å²) in [4.78, 5) is 13.3. The van der Waals surface area contributed by atoms with Gasteiger partial charge in [-0.2, -0.15) is 5.10 Å². The third-order valence-corrected chi connectivity index (χ3v) is 4.49. The maximum Gasteiger partial charge on any atom is 0.149 e. The van der Waals surface area contributed by atoms with Crippen LogP contribution in [0.3, 0.4) is 0 Å². The summed E-state index contributed by atoms with van der Waals surface area (Å²) < 4.78 is 1.81. The van der Waals surface area contributed by atoms with Crippen LogP contribution >= 0.6 is 11.8 Å². The maximum atomic E-state index is 12.1. The molecule has 1 aromatic heterocycles. The molecule has 20 heavy (non-hydrogen) atoms. The molecule has 2 aromatic rings. The average Bonchev–Trinajstić information content (AvgIpc) is 2.78. The zero-order chi connectivity index (χ0) is 14.5. The van der Waals surface area contributed by atoms with E-state index in [0.29, 0.717) is 12.2 Å². The number of benzene rings is 1. The summed E-state index contributed by atoms with van der Waals surface area (Å²) in [6.45, 7) is 4.14. The Morgan fingerprint density at radius 3 is 2.75 bits per heavy atom. The molecular formula is C16H20N2OS. The highest BCUT2D eigenvalue weighted by Gasteiger charge is 2.10. The number of aromatic nitrogens is 2. The van der Waals surface area contributed by atoms with Gasteiger partial charge in [0.2, 0.25) is 0 Å². The van der Waals surface area contributed by atoms with Crippen molar-refractivity contribution in [3.05, 3.63) is 47.3 Å². The molecule has 0 aliphatic carbocycles. The minimum absolute atomic E-state index is 0.240. The fourth-order valence-corrected chi connectivity index (χ4v) is 2.93. The summed E-state index contributed by atoms with van der Waals surface area (Å²) in [6.07, 6.45) is 1.36. The van der Waals surface area contributed by atoms with Crippen LogP contribution in [0.25, 0.3) is 0 Å². The lowest BCUT2D eigenvalue weighted by Gasteiger charge is -2.05. The Morgan fingerprint density at radius 1 is 1.35 bits per heavy atom. The van der Waals surface area contributed by atoms with E-state index in [-0.39, 0.29) is 5.78 Å². The number of rotatable bonds is 6. The van der Waals surface area contributed by atoms with E-state index in [1.165, 1.54) is 10.5 Å². The Kier molecular flexibility index (Phi) is 5.01. The van der Waals surface area contributed by atoms with Gasteiger partial charge in [-0.1, -0.05) is 25.1 Å². The van der Waals surface area contributed by atoms with Crippen LogP contribution in [0.5, 0.6) is 0 Å². The molecule has 0 saturated carbocycles. The lowest BCUT2D eigenvalue weighted by molar-refractivity contribution is -0.116. The fraction of sp³-hybridized carbons (Fsp3) is 0.375. The second kappa shape index (κ2) is 6.75. The Bertz CT molecular complexity index is 604. The predicted octanol–water partition coefficient (Wildman–Crippen LogP) is 3.19.